The highest BCUT2D eigenvalue weighted by molar-refractivity contribution is 6.10. The fraction of sp³-hybridized carbons (Fsp3) is 0. The zero-order valence-corrected chi connectivity index (χ0v) is 26.3. The molecule has 1 heterocycles. The third-order valence-corrected chi connectivity index (χ3v) is 9.26. The van der Waals surface area contributed by atoms with E-state index in [0.717, 1.165) is 50.1 Å². The first-order chi connectivity index (χ1) is 23.8. The lowest BCUT2D eigenvalue weighted by atomic mass is 9.97. The second-order valence-corrected chi connectivity index (χ2v) is 12.2. The smallest absolute Gasteiger partial charge is 0.143 e. The molecule has 48 heavy (non-hydrogen) atoms. The van der Waals surface area contributed by atoms with Gasteiger partial charge in [0.25, 0.3) is 0 Å². The van der Waals surface area contributed by atoms with Crippen LogP contribution in [0.5, 0.6) is 0 Å². The molecule has 0 atom stereocenters. The number of anilines is 3. The number of rotatable bonds is 6. The zero-order valence-electron chi connectivity index (χ0n) is 26.3. The molecule has 0 radical (unpaired) electrons. The lowest BCUT2D eigenvalue weighted by Crippen LogP contribution is -2.11. The van der Waals surface area contributed by atoms with Crippen molar-refractivity contribution in [2.24, 2.45) is 0 Å². The number of hydrogen-bond acceptors (Lipinski definition) is 2. The second kappa shape index (κ2) is 11.8. The average Bonchev–Trinajstić information content (AvgIpc) is 3.55. The molecule has 2 nitrogen and oxygen atoms in total. The largest absolute Gasteiger partial charge is 0.455 e. The Bertz CT molecular complexity index is 2560. The summed E-state index contributed by atoms with van der Waals surface area (Å²) >= 11 is 0. The molecule has 0 aliphatic heterocycles. The Morgan fingerprint density at radius 2 is 0.958 bits per heavy atom. The Kier molecular flexibility index (Phi) is 6.84. The van der Waals surface area contributed by atoms with Crippen molar-refractivity contribution in [3.63, 3.8) is 0 Å². The number of fused-ring (bicyclic) bond motifs is 4. The van der Waals surface area contributed by atoms with E-state index < -0.39 is 0 Å². The molecular weight excluding hydrogens is 583 g/mol. The predicted molar refractivity (Wildman–Crippen MR) is 202 cm³/mol. The fourth-order valence-electron chi connectivity index (χ4n) is 6.91. The van der Waals surface area contributed by atoms with Gasteiger partial charge >= 0.3 is 0 Å². The number of nitrogens with zero attached hydrogens (tertiary/aromatic N) is 1. The summed E-state index contributed by atoms with van der Waals surface area (Å²) in [5.74, 6) is 0. The number of para-hydroxylation sites is 4. The van der Waals surface area contributed by atoms with Crippen molar-refractivity contribution in [1.82, 2.24) is 0 Å². The van der Waals surface area contributed by atoms with Crippen LogP contribution in [0, 0.1) is 0 Å². The summed E-state index contributed by atoms with van der Waals surface area (Å²) in [4.78, 5) is 2.34. The average molecular weight is 614 g/mol. The molecule has 0 aliphatic rings. The first kappa shape index (κ1) is 27.9. The molecule has 0 fully saturated rings. The van der Waals surface area contributed by atoms with E-state index in [1.54, 1.807) is 0 Å². The standard InChI is InChI=1S/C46H31NO/c1-2-16-38(17-3-1)47(44-22-8-6-18-40(44)42-20-11-21-43-41-19-7-9-23-45(41)48-46(42)43)39-28-26-33(27-29-39)35-14-10-15-36(30-35)37-25-24-32-12-4-5-13-34(32)31-37/h1-31H. The van der Waals surface area contributed by atoms with E-state index >= 15 is 0 Å². The first-order valence-corrected chi connectivity index (χ1v) is 16.3. The normalized spacial score (nSPS) is 11.3. The van der Waals surface area contributed by atoms with Crippen molar-refractivity contribution in [3.8, 4) is 33.4 Å². The van der Waals surface area contributed by atoms with Gasteiger partial charge in [0.05, 0.1) is 5.69 Å². The summed E-state index contributed by atoms with van der Waals surface area (Å²) in [6.45, 7) is 0. The Balaban J connectivity index is 1.13. The molecule has 226 valence electrons. The van der Waals surface area contributed by atoms with Crippen molar-refractivity contribution in [1.29, 1.82) is 0 Å². The summed E-state index contributed by atoms with van der Waals surface area (Å²) in [5, 5.41) is 4.76. The van der Waals surface area contributed by atoms with Gasteiger partial charge in [-0.05, 0) is 81.6 Å². The Morgan fingerprint density at radius 1 is 0.354 bits per heavy atom. The van der Waals surface area contributed by atoms with Gasteiger partial charge in [0, 0.05) is 33.3 Å². The first-order valence-electron chi connectivity index (χ1n) is 16.3. The quantitative estimate of drug-likeness (QED) is 0.185. The van der Waals surface area contributed by atoms with Crippen LogP contribution in [0.2, 0.25) is 0 Å². The maximum Gasteiger partial charge on any atom is 0.143 e. The monoisotopic (exact) mass is 613 g/mol. The van der Waals surface area contributed by atoms with Crippen LogP contribution in [-0.4, -0.2) is 0 Å². The Hall–Kier alpha value is -6.38. The molecule has 0 saturated heterocycles. The van der Waals surface area contributed by atoms with E-state index in [-0.39, 0.29) is 0 Å². The van der Waals surface area contributed by atoms with Crippen LogP contribution in [0.1, 0.15) is 0 Å². The lowest BCUT2D eigenvalue weighted by Gasteiger charge is -2.28. The van der Waals surface area contributed by atoms with Gasteiger partial charge in [-0.25, -0.2) is 0 Å². The molecule has 0 amide bonds. The summed E-state index contributed by atoms with van der Waals surface area (Å²) in [7, 11) is 0. The highest BCUT2D eigenvalue weighted by Gasteiger charge is 2.20. The van der Waals surface area contributed by atoms with Crippen molar-refractivity contribution >= 4 is 49.8 Å². The number of furan rings is 1. The van der Waals surface area contributed by atoms with E-state index in [0.29, 0.717) is 0 Å². The topological polar surface area (TPSA) is 16.4 Å². The molecule has 0 saturated carbocycles. The fourth-order valence-corrected chi connectivity index (χ4v) is 6.91. The van der Waals surface area contributed by atoms with Gasteiger partial charge in [-0.1, -0.05) is 140 Å². The highest BCUT2D eigenvalue weighted by atomic mass is 16.3. The highest BCUT2D eigenvalue weighted by Crippen LogP contribution is 2.44. The number of hydrogen-bond donors (Lipinski definition) is 0. The molecule has 0 spiro atoms. The van der Waals surface area contributed by atoms with Crippen LogP contribution >= 0.6 is 0 Å². The molecule has 1 aromatic heterocycles. The second-order valence-electron chi connectivity index (χ2n) is 12.2. The van der Waals surface area contributed by atoms with Crippen LogP contribution in [0.4, 0.5) is 17.1 Å². The van der Waals surface area contributed by atoms with E-state index in [2.05, 4.69) is 181 Å². The van der Waals surface area contributed by atoms with E-state index in [9.17, 15) is 0 Å². The molecule has 8 aromatic carbocycles. The van der Waals surface area contributed by atoms with Gasteiger partial charge in [-0.2, -0.15) is 0 Å². The maximum absolute atomic E-state index is 6.49. The molecule has 9 rings (SSSR count). The van der Waals surface area contributed by atoms with Crippen molar-refractivity contribution in [2.75, 3.05) is 4.90 Å². The molecule has 0 aliphatic carbocycles. The van der Waals surface area contributed by atoms with Crippen molar-refractivity contribution < 1.29 is 4.42 Å². The molecule has 9 aromatic rings. The van der Waals surface area contributed by atoms with Crippen LogP contribution in [0.3, 0.4) is 0 Å². The zero-order chi connectivity index (χ0) is 31.9. The van der Waals surface area contributed by atoms with Crippen molar-refractivity contribution in [3.05, 3.63) is 188 Å². The summed E-state index contributed by atoms with van der Waals surface area (Å²) in [6.07, 6.45) is 0. The minimum Gasteiger partial charge on any atom is -0.455 e. The van der Waals surface area contributed by atoms with E-state index in [1.807, 2.05) is 12.1 Å². The van der Waals surface area contributed by atoms with Gasteiger partial charge in [0.2, 0.25) is 0 Å². The van der Waals surface area contributed by atoms with Gasteiger partial charge in [0.15, 0.2) is 0 Å². The Labute approximate surface area is 279 Å². The van der Waals surface area contributed by atoms with Gasteiger partial charge in [0.1, 0.15) is 11.2 Å². The number of benzene rings is 8. The third-order valence-electron chi connectivity index (χ3n) is 9.26. The van der Waals surface area contributed by atoms with E-state index in [1.165, 1.54) is 33.0 Å². The SMILES string of the molecule is c1ccc(N(c2ccc(-c3cccc(-c4ccc5ccccc5c4)c3)cc2)c2ccccc2-c2cccc3c2oc2ccccc23)cc1. The molecule has 2 heteroatoms. The van der Waals surface area contributed by atoms with Crippen LogP contribution in [0.15, 0.2) is 192 Å². The minimum absolute atomic E-state index is 0.901. The summed E-state index contributed by atoms with van der Waals surface area (Å²) in [5.41, 5.74) is 12.0. The Morgan fingerprint density at radius 3 is 1.83 bits per heavy atom. The summed E-state index contributed by atoms with van der Waals surface area (Å²) in [6, 6.07) is 66.9. The maximum atomic E-state index is 6.49. The van der Waals surface area contributed by atoms with Gasteiger partial charge < -0.3 is 9.32 Å². The molecule has 0 bridgehead atoms. The molecular formula is C46H31NO. The van der Waals surface area contributed by atoms with Crippen LogP contribution in [-0.2, 0) is 0 Å². The molecule has 0 unspecified atom stereocenters. The summed E-state index contributed by atoms with van der Waals surface area (Å²) < 4.78 is 6.49. The van der Waals surface area contributed by atoms with E-state index in [4.69, 9.17) is 4.42 Å². The van der Waals surface area contributed by atoms with Gasteiger partial charge in [-0.15, -0.1) is 0 Å². The lowest BCUT2D eigenvalue weighted by molar-refractivity contribution is 0.670. The predicted octanol–water partition coefficient (Wildman–Crippen LogP) is 13.2. The molecule has 0 N–H and O–H groups in total. The van der Waals surface area contributed by atoms with Crippen LogP contribution < -0.4 is 4.90 Å². The third kappa shape index (κ3) is 4.92. The van der Waals surface area contributed by atoms with Crippen molar-refractivity contribution in [2.45, 2.75) is 0 Å². The van der Waals surface area contributed by atoms with Crippen LogP contribution in [0.25, 0.3) is 66.1 Å². The minimum atomic E-state index is 0.901. The van der Waals surface area contributed by atoms with Gasteiger partial charge in [-0.3, -0.25) is 0 Å².